The number of nitrogens with two attached hydrogens (primary N) is 1. The molecule has 1 atom stereocenters. The summed E-state index contributed by atoms with van der Waals surface area (Å²) in [5.41, 5.74) is 7.05. The van der Waals surface area contributed by atoms with Gasteiger partial charge in [-0.05, 0) is 24.5 Å². The lowest BCUT2D eigenvalue weighted by molar-refractivity contribution is -0.120. The van der Waals surface area contributed by atoms with Crippen molar-refractivity contribution in [2.75, 3.05) is 11.9 Å². The summed E-state index contributed by atoms with van der Waals surface area (Å²) >= 11 is 6.08. The third kappa shape index (κ3) is 3.89. The van der Waals surface area contributed by atoms with Gasteiger partial charge in [0, 0.05) is 6.54 Å². The molecule has 0 aliphatic rings. The minimum atomic E-state index is -0.255. The van der Waals surface area contributed by atoms with Gasteiger partial charge in [0.05, 0.1) is 17.0 Å². The number of hydrogen-bond donors (Lipinski definition) is 2. The van der Waals surface area contributed by atoms with Crippen molar-refractivity contribution < 1.29 is 4.79 Å². The highest BCUT2D eigenvalue weighted by Crippen LogP contribution is 2.22. The van der Waals surface area contributed by atoms with Crippen LogP contribution in [0.3, 0.4) is 0 Å². The van der Waals surface area contributed by atoms with E-state index in [1.807, 2.05) is 24.3 Å². The topological polar surface area (TPSA) is 80.9 Å². The van der Waals surface area contributed by atoms with Crippen LogP contribution in [0.15, 0.2) is 24.3 Å². The number of rotatable bonds is 5. The second kappa shape index (κ2) is 6.83. The second-order valence-corrected chi connectivity index (χ2v) is 5.76. The molecule has 0 bridgehead atoms. The molecule has 0 saturated carbocycles. The molecule has 1 amide bonds. The first-order chi connectivity index (χ1) is 10.0. The van der Waals surface area contributed by atoms with Gasteiger partial charge in [0.2, 0.25) is 5.91 Å². The van der Waals surface area contributed by atoms with Crippen LogP contribution < -0.4 is 11.1 Å². The molecule has 0 saturated heterocycles. The minimum Gasteiger partial charge on any atom is -0.330 e. The Morgan fingerprint density at radius 3 is 2.48 bits per heavy atom. The number of aromatic nitrogens is 2. The maximum atomic E-state index is 12.2. The van der Waals surface area contributed by atoms with E-state index in [4.69, 9.17) is 17.3 Å². The van der Waals surface area contributed by atoms with Crippen LogP contribution in [0.1, 0.15) is 20.3 Å². The van der Waals surface area contributed by atoms with Crippen molar-refractivity contribution in [1.29, 1.82) is 0 Å². The second-order valence-electron chi connectivity index (χ2n) is 5.40. The molecule has 112 valence electrons. The predicted octanol–water partition coefficient (Wildman–Crippen LogP) is 2.84. The summed E-state index contributed by atoms with van der Waals surface area (Å²) < 4.78 is 0. The van der Waals surface area contributed by atoms with Crippen LogP contribution in [-0.2, 0) is 4.79 Å². The summed E-state index contributed by atoms with van der Waals surface area (Å²) in [7, 11) is 0. The normalized spacial score (nSPS) is 12.6. The molecule has 2 rings (SSSR count). The molecule has 0 spiro atoms. The summed E-state index contributed by atoms with van der Waals surface area (Å²) in [4.78, 5) is 20.8. The summed E-state index contributed by atoms with van der Waals surface area (Å²) in [6, 6.07) is 7.36. The number of para-hydroxylation sites is 2. The van der Waals surface area contributed by atoms with E-state index in [0.717, 1.165) is 6.42 Å². The van der Waals surface area contributed by atoms with Gasteiger partial charge in [-0.15, -0.1) is 0 Å². The molecular formula is C15H19ClN4O. The van der Waals surface area contributed by atoms with Gasteiger partial charge < -0.3 is 11.1 Å². The Morgan fingerprint density at radius 1 is 1.29 bits per heavy atom. The van der Waals surface area contributed by atoms with E-state index in [1.54, 1.807) is 0 Å². The highest BCUT2D eigenvalue weighted by Gasteiger charge is 2.20. The van der Waals surface area contributed by atoms with Crippen molar-refractivity contribution in [3.63, 3.8) is 0 Å². The maximum Gasteiger partial charge on any atom is 0.230 e. The Hall–Kier alpha value is -1.72. The molecule has 2 aromatic rings. The van der Waals surface area contributed by atoms with E-state index in [0.29, 0.717) is 23.5 Å². The molecular weight excluding hydrogens is 288 g/mol. The molecule has 21 heavy (non-hydrogen) atoms. The third-order valence-corrected chi connectivity index (χ3v) is 3.44. The fourth-order valence-corrected chi connectivity index (χ4v) is 2.34. The lowest BCUT2D eigenvalue weighted by Crippen LogP contribution is -2.30. The van der Waals surface area contributed by atoms with E-state index in [2.05, 4.69) is 29.1 Å². The molecule has 1 aromatic heterocycles. The SMILES string of the molecule is CC(C)CC(CN)C(=O)Nc1nc2ccccc2nc1Cl. The van der Waals surface area contributed by atoms with Gasteiger partial charge in [-0.3, -0.25) is 4.79 Å². The first-order valence-corrected chi connectivity index (χ1v) is 7.32. The fraction of sp³-hybridized carbons (Fsp3) is 0.400. The number of benzene rings is 1. The van der Waals surface area contributed by atoms with Crippen molar-refractivity contribution >= 4 is 34.4 Å². The molecule has 0 radical (unpaired) electrons. The number of amides is 1. The quantitative estimate of drug-likeness (QED) is 0.890. The lowest BCUT2D eigenvalue weighted by atomic mass is 9.96. The number of nitrogens with zero attached hydrogens (tertiary/aromatic N) is 2. The van der Waals surface area contributed by atoms with E-state index >= 15 is 0 Å². The van der Waals surface area contributed by atoms with Crippen molar-refractivity contribution in [3.8, 4) is 0 Å². The van der Waals surface area contributed by atoms with Gasteiger partial charge in [0.15, 0.2) is 11.0 Å². The van der Waals surface area contributed by atoms with Gasteiger partial charge >= 0.3 is 0 Å². The minimum absolute atomic E-state index is 0.169. The van der Waals surface area contributed by atoms with E-state index in [-0.39, 0.29) is 22.8 Å². The monoisotopic (exact) mass is 306 g/mol. The molecule has 0 aliphatic heterocycles. The average Bonchev–Trinajstić information content (AvgIpc) is 2.45. The third-order valence-electron chi connectivity index (χ3n) is 3.18. The molecule has 1 heterocycles. The molecule has 3 N–H and O–H groups in total. The van der Waals surface area contributed by atoms with Crippen LogP contribution in [0.5, 0.6) is 0 Å². The van der Waals surface area contributed by atoms with Crippen LogP contribution in [0.25, 0.3) is 11.0 Å². The Bertz CT molecular complexity index is 645. The largest absolute Gasteiger partial charge is 0.330 e. The fourth-order valence-electron chi connectivity index (χ4n) is 2.16. The number of anilines is 1. The van der Waals surface area contributed by atoms with Gasteiger partial charge in [-0.1, -0.05) is 37.6 Å². The number of fused-ring (bicyclic) bond motifs is 1. The molecule has 0 aliphatic carbocycles. The summed E-state index contributed by atoms with van der Waals surface area (Å²) in [5, 5.41) is 2.92. The lowest BCUT2D eigenvalue weighted by Gasteiger charge is -2.16. The van der Waals surface area contributed by atoms with Crippen molar-refractivity contribution in [2.45, 2.75) is 20.3 Å². The predicted molar refractivity (Wildman–Crippen MR) is 85.2 cm³/mol. The average molecular weight is 307 g/mol. The van der Waals surface area contributed by atoms with Gasteiger partial charge in [-0.25, -0.2) is 9.97 Å². The Balaban J connectivity index is 2.22. The van der Waals surface area contributed by atoms with Crippen LogP contribution in [0, 0.1) is 11.8 Å². The molecule has 0 fully saturated rings. The van der Waals surface area contributed by atoms with E-state index in [1.165, 1.54) is 0 Å². The highest BCUT2D eigenvalue weighted by molar-refractivity contribution is 6.32. The number of nitrogens with one attached hydrogen (secondary N) is 1. The van der Waals surface area contributed by atoms with Crippen LogP contribution in [0.4, 0.5) is 5.82 Å². The Labute approximate surface area is 128 Å². The first-order valence-electron chi connectivity index (χ1n) is 6.94. The van der Waals surface area contributed by atoms with Crippen LogP contribution in [-0.4, -0.2) is 22.4 Å². The number of hydrogen-bond acceptors (Lipinski definition) is 4. The van der Waals surface area contributed by atoms with Crippen molar-refractivity contribution in [2.24, 2.45) is 17.6 Å². The summed E-state index contributed by atoms with van der Waals surface area (Å²) in [6.07, 6.45) is 0.723. The first kappa shape index (κ1) is 15.7. The zero-order valence-electron chi connectivity index (χ0n) is 12.1. The van der Waals surface area contributed by atoms with Gasteiger partial charge in [0.1, 0.15) is 0 Å². The standard InChI is InChI=1S/C15H19ClN4O/c1-9(2)7-10(8-17)15(21)20-14-13(16)18-11-5-3-4-6-12(11)19-14/h3-6,9-10H,7-8,17H2,1-2H3,(H,19,20,21). The van der Waals surface area contributed by atoms with E-state index < -0.39 is 0 Å². The van der Waals surface area contributed by atoms with E-state index in [9.17, 15) is 4.79 Å². The van der Waals surface area contributed by atoms with Crippen molar-refractivity contribution in [1.82, 2.24) is 9.97 Å². The van der Waals surface area contributed by atoms with Gasteiger partial charge in [0.25, 0.3) is 0 Å². The zero-order chi connectivity index (χ0) is 15.4. The van der Waals surface area contributed by atoms with Crippen LogP contribution in [0.2, 0.25) is 5.15 Å². The van der Waals surface area contributed by atoms with Crippen LogP contribution >= 0.6 is 11.6 Å². The number of carbonyl (C=O) groups excluding carboxylic acids is 1. The Kier molecular flexibility index (Phi) is 5.09. The molecule has 6 heteroatoms. The number of halogens is 1. The van der Waals surface area contributed by atoms with Gasteiger partial charge in [-0.2, -0.15) is 0 Å². The molecule has 5 nitrogen and oxygen atoms in total. The highest BCUT2D eigenvalue weighted by atomic mass is 35.5. The Morgan fingerprint density at radius 2 is 1.90 bits per heavy atom. The molecule has 1 aromatic carbocycles. The summed E-state index contributed by atoms with van der Waals surface area (Å²) in [5.74, 6) is 0.247. The zero-order valence-corrected chi connectivity index (χ0v) is 12.9. The summed E-state index contributed by atoms with van der Waals surface area (Å²) in [6.45, 7) is 4.40. The number of carbonyl (C=O) groups is 1. The van der Waals surface area contributed by atoms with Crippen molar-refractivity contribution in [3.05, 3.63) is 29.4 Å². The maximum absolute atomic E-state index is 12.2. The smallest absolute Gasteiger partial charge is 0.230 e. The molecule has 1 unspecified atom stereocenters.